The van der Waals surface area contributed by atoms with E-state index >= 15 is 0 Å². The van der Waals surface area contributed by atoms with Crippen LogP contribution in [0, 0.1) is 5.82 Å². The average molecular weight is 324 g/mol. The Balaban J connectivity index is 2.30. The molecule has 2 aromatic carbocycles. The van der Waals surface area contributed by atoms with E-state index in [2.05, 4.69) is 15.9 Å². The molecule has 19 heavy (non-hydrogen) atoms. The van der Waals surface area contributed by atoms with Crippen molar-refractivity contribution in [1.82, 2.24) is 0 Å². The van der Waals surface area contributed by atoms with Crippen LogP contribution in [0.1, 0.15) is 5.56 Å². The molecule has 0 aliphatic heterocycles. The summed E-state index contributed by atoms with van der Waals surface area (Å²) >= 11 is 3.04. The third-order valence-electron chi connectivity index (χ3n) is 2.63. The molecule has 0 spiro atoms. The maximum Gasteiger partial charge on any atom is 0.412 e. The largest absolute Gasteiger partial charge is 0.465 e. The molecule has 0 saturated carbocycles. The first-order valence-electron chi connectivity index (χ1n) is 5.57. The third kappa shape index (κ3) is 3.32. The van der Waals surface area contributed by atoms with Crippen LogP contribution in [0.2, 0.25) is 0 Å². The number of rotatable bonds is 3. The van der Waals surface area contributed by atoms with Gasteiger partial charge in [-0.2, -0.15) is 0 Å². The number of hydrogen-bond acceptors (Lipinski definition) is 1. The van der Waals surface area contributed by atoms with Gasteiger partial charge in [0, 0.05) is 0 Å². The zero-order valence-electron chi connectivity index (χ0n) is 9.88. The van der Waals surface area contributed by atoms with Crippen molar-refractivity contribution in [2.45, 2.75) is 6.54 Å². The molecule has 0 saturated heterocycles. The van der Waals surface area contributed by atoms with E-state index in [9.17, 15) is 14.3 Å². The predicted octanol–water partition coefficient (Wildman–Crippen LogP) is 4.27. The lowest BCUT2D eigenvalue weighted by molar-refractivity contribution is 0.201. The van der Waals surface area contributed by atoms with Gasteiger partial charge in [-0.15, -0.1) is 0 Å². The number of carboxylic acid groups (broad SMARTS) is 1. The summed E-state index contributed by atoms with van der Waals surface area (Å²) in [6.45, 7) is 0.178. The standard InChI is InChI=1S/C14H11BrFNO2/c15-12-7-6-11(8-13(12)16)17(14(18)19)9-10-4-2-1-3-5-10/h1-8H,9H2,(H,18,19). The van der Waals surface area contributed by atoms with Gasteiger partial charge in [-0.25, -0.2) is 9.18 Å². The van der Waals surface area contributed by atoms with Crippen molar-refractivity contribution >= 4 is 27.7 Å². The zero-order valence-corrected chi connectivity index (χ0v) is 11.5. The van der Waals surface area contributed by atoms with E-state index in [1.165, 1.54) is 12.1 Å². The summed E-state index contributed by atoms with van der Waals surface area (Å²) in [6, 6.07) is 13.4. The lowest BCUT2D eigenvalue weighted by atomic mass is 10.2. The number of nitrogens with zero attached hydrogens (tertiary/aromatic N) is 1. The molecular formula is C14H11BrFNO2. The molecule has 5 heteroatoms. The van der Waals surface area contributed by atoms with Crippen LogP contribution in [-0.4, -0.2) is 11.2 Å². The molecule has 2 rings (SSSR count). The number of benzene rings is 2. The van der Waals surface area contributed by atoms with Crippen molar-refractivity contribution in [1.29, 1.82) is 0 Å². The van der Waals surface area contributed by atoms with E-state index in [0.717, 1.165) is 10.5 Å². The maximum absolute atomic E-state index is 13.5. The number of carbonyl (C=O) groups is 1. The fourth-order valence-corrected chi connectivity index (χ4v) is 1.93. The fraction of sp³-hybridized carbons (Fsp3) is 0.0714. The van der Waals surface area contributed by atoms with Crippen LogP contribution < -0.4 is 4.90 Å². The summed E-state index contributed by atoms with van der Waals surface area (Å²) in [5.74, 6) is -0.489. The molecule has 0 aromatic heterocycles. The monoisotopic (exact) mass is 323 g/mol. The highest BCUT2D eigenvalue weighted by Gasteiger charge is 2.16. The average Bonchev–Trinajstić information content (AvgIpc) is 2.40. The minimum atomic E-state index is -1.12. The van der Waals surface area contributed by atoms with E-state index in [4.69, 9.17) is 0 Å². The van der Waals surface area contributed by atoms with Gasteiger partial charge >= 0.3 is 6.09 Å². The van der Waals surface area contributed by atoms with Gasteiger partial charge in [0.15, 0.2) is 0 Å². The smallest absolute Gasteiger partial charge is 0.412 e. The molecule has 1 amide bonds. The van der Waals surface area contributed by atoms with Gasteiger partial charge in [0.1, 0.15) is 5.82 Å². The highest BCUT2D eigenvalue weighted by molar-refractivity contribution is 9.10. The Morgan fingerprint density at radius 3 is 2.47 bits per heavy atom. The summed E-state index contributed by atoms with van der Waals surface area (Å²) in [5.41, 5.74) is 1.14. The lowest BCUT2D eigenvalue weighted by Crippen LogP contribution is -2.28. The Morgan fingerprint density at radius 2 is 1.89 bits per heavy atom. The van der Waals surface area contributed by atoms with E-state index < -0.39 is 11.9 Å². The molecule has 0 heterocycles. The van der Waals surface area contributed by atoms with Crippen molar-refractivity contribution in [3.05, 3.63) is 64.4 Å². The van der Waals surface area contributed by atoms with Crippen molar-refractivity contribution in [3.8, 4) is 0 Å². The fourth-order valence-electron chi connectivity index (χ4n) is 1.69. The summed E-state index contributed by atoms with van der Waals surface area (Å²) < 4.78 is 13.8. The quantitative estimate of drug-likeness (QED) is 0.916. The zero-order chi connectivity index (χ0) is 13.8. The van der Waals surface area contributed by atoms with Gasteiger partial charge in [-0.05, 0) is 39.7 Å². The molecule has 0 unspecified atom stereocenters. The van der Waals surface area contributed by atoms with Crippen molar-refractivity contribution in [3.63, 3.8) is 0 Å². The molecule has 0 aliphatic carbocycles. The first-order chi connectivity index (χ1) is 9.08. The second-order valence-electron chi connectivity index (χ2n) is 3.95. The van der Waals surface area contributed by atoms with Crippen LogP contribution in [0.15, 0.2) is 53.0 Å². The van der Waals surface area contributed by atoms with Gasteiger partial charge in [0.2, 0.25) is 0 Å². The highest BCUT2D eigenvalue weighted by atomic mass is 79.9. The third-order valence-corrected chi connectivity index (χ3v) is 3.27. The first-order valence-corrected chi connectivity index (χ1v) is 6.36. The van der Waals surface area contributed by atoms with E-state index in [1.807, 2.05) is 30.3 Å². The SMILES string of the molecule is O=C(O)N(Cc1ccccc1)c1ccc(Br)c(F)c1. The second-order valence-corrected chi connectivity index (χ2v) is 4.81. The second kappa shape index (κ2) is 5.84. The van der Waals surface area contributed by atoms with Crippen LogP contribution in [-0.2, 0) is 6.54 Å². The maximum atomic E-state index is 13.5. The van der Waals surface area contributed by atoms with Crippen LogP contribution in [0.25, 0.3) is 0 Å². The molecular weight excluding hydrogens is 313 g/mol. The Hall–Kier alpha value is -1.88. The number of halogens is 2. The molecule has 98 valence electrons. The van der Waals surface area contributed by atoms with E-state index in [-0.39, 0.29) is 6.54 Å². The molecule has 1 N–H and O–H groups in total. The van der Waals surface area contributed by atoms with Gasteiger partial charge in [-0.3, -0.25) is 4.90 Å². The van der Waals surface area contributed by atoms with Gasteiger partial charge in [0.05, 0.1) is 16.7 Å². The number of anilines is 1. The summed E-state index contributed by atoms with van der Waals surface area (Å²) in [6.07, 6.45) is -1.12. The van der Waals surface area contributed by atoms with Crippen molar-refractivity contribution in [2.24, 2.45) is 0 Å². The lowest BCUT2D eigenvalue weighted by Gasteiger charge is -2.19. The van der Waals surface area contributed by atoms with Crippen LogP contribution in [0.4, 0.5) is 14.9 Å². The molecule has 2 aromatic rings. The Bertz CT molecular complexity index is 589. The Kier molecular flexibility index (Phi) is 4.16. The Labute approximate surface area is 118 Å². The molecule has 0 atom stereocenters. The van der Waals surface area contributed by atoms with Crippen LogP contribution in [0.5, 0.6) is 0 Å². The molecule has 3 nitrogen and oxygen atoms in total. The topological polar surface area (TPSA) is 40.5 Å². The van der Waals surface area contributed by atoms with Gasteiger partial charge < -0.3 is 5.11 Å². The van der Waals surface area contributed by atoms with Crippen molar-refractivity contribution < 1.29 is 14.3 Å². The number of amides is 1. The van der Waals surface area contributed by atoms with Gasteiger partial charge in [0.25, 0.3) is 0 Å². The van der Waals surface area contributed by atoms with Crippen LogP contribution >= 0.6 is 15.9 Å². The summed E-state index contributed by atoms with van der Waals surface area (Å²) in [7, 11) is 0. The Morgan fingerprint density at radius 1 is 1.21 bits per heavy atom. The molecule has 0 aliphatic rings. The van der Waals surface area contributed by atoms with E-state index in [1.54, 1.807) is 6.07 Å². The molecule has 0 bridgehead atoms. The molecule has 0 radical (unpaired) electrons. The summed E-state index contributed by atoms with van der Waals surface area (Å²) in [4.78, 5) is 12.4. The van der Waals surface area contributed by atoms with E-state index in [0.29, 0.717) is 10.2 Å². The minimum absolute atomic E-state index is 0.178. The van der Waals surface area contributed by atoms with Crippen molar-refractivity contribution in [2.75, 3.05) is 4.90 Å². The summed E-state index contributed by atoms with van der Waals surface area (Å²) in [5, 5.41) is 9.24. The first kappa shape index (κ1) is 13.5. The highest BCUT2D eigenvalue weighted by Crippen LogP contribution is 2.23. The molecule has 0 fully saturated rings. The number of hydrogen-bond donors (Lipinski definition) is 1. The normalized spacial score (nSPS) is 10.2. The van der Waals surface area contributed by atoms with Crippen LogP contribution in [0.3, 0.4) is 0 Å². The van der Waals surface area contributed by atoms with Gasteiger partial charge in [-0.1, -0.05) is 30.3 Å². The minimum Gasteiger partial charge on any atom is -0.465 e. The predicted molar refractivity (Wildman–Crippen MR) is 74.7 cm³/mol.